The zero-order valence-corrected chi connectivity index (χ0v) is 22.3. The molecule has 1 saturated heterocycles. The van der Waals surface area contributed by atoms with Gasteiger partial charge in [0.1, 0.15) is 0 Å². The Bertz CT molecular complexity index is 1110. The molecule has 1 atom stereocenters. The van der Waals surface area contributed by atoms with Gasteiger partial charge < -0.3 is 28.6 Å². The smallest absolute Gasteiger partial charge is 0.290 e. The number of ketones is 1. The first-order valence-electron chi connectivity index (χ1n) is 13.6. The molecule has 0 spiro atoms. The highest BCUT2D eigenvalue weighted by Crippen LogP contribution is 2.42. The highest BCUT2D eigenvalue weighted by atomic mass is 16.5. The second-order valence-corrected chi connectivity index (χ2v) is 9.47. The van der Waals surface area contributed by atoms with E-state index in [0.717, 1.165) is 38.9 Å². The molecule has 1 aromatic heterocycles. The number of ether oxygens (including phenoxy) is 3. The lowest BCUT2D eigenvalue weighted by Gasteiger charge is -2.30. The maximum Gasteiger partial charge on any atom is 0.290 e. The van der Waals surface area contributed by atoms with Crippen LogP contribution >= 0.6 is 0 Å². The Hall–Kier alpha value is -3.30. The quantitative estimate of drug-likeness (QED) is 0.283. The number of amides is 1. The lowest BCUT2D eigenvalue weighted by molar-refractivity contribution is -0.129. The standard InChI is InChI=1S/C29H38N2O7/c1-3-5-6-16-37-22-11-10-21(20-24(22)36-4-2)26-25(27(32)23-9-7-17-38-23)28(33)29(34)31(26)13-8-12-30-14-18-35-19-15-30/h7,9-11,17,20,26,33H,3-6,8,12-16,18-19H2,1-2H3. The Morgan fingerprint density at radius 3 is 2.58 bits per heavy atom. The van der Waals surface area contributed by atoms with Gasteiger partial charge in [-0.05, 0) is 49.6 Å². The maximum atomic E-state index is 13.4. The van der Waals surface area contributed by atoms with E-state index in [1.165, 1.54) is 12.3 Å². The number of carbonyl (C=O) groups excluding carboxylic acids is 2. The van der Waals surface area contributed by atoms with E-state index in [-0.39, 0.29) is 11.3 Å². The SMILES string of the molecule is CCCCCOc1ccc(C2C(C(=O)c3ccco3)=C(O)C(=O)N2CCCN2CCOCC2)cc1OCC. The summed E-state index contributed by atoms with van der Waals surface area (Å²) in [6.07, 6.45) is 5.20. The Kier molecular flexibility index (Phi) is 9.84. The lowest BCUT2D eigenvalue weighted by Crippen LogP contribution is -2.39. The number of nitrogens with zero attached hydrogens (tertiary/aromatic N) is 2. The van der Waals surface area contributed by atoms with Gasteiger partial charge in [-0.2, -0.15) is 0 Å². The normalized spacial score (nSPS) is 18.3. The van der Waals surface area contributed by atoms with Crippen LogP contribution in [0.1, 0.15) is 61.7 Å². The predicted molar refractivity (Wildman–Crippen MR) is 142 cm³/mol. The summed E-state index contributed by atoms with van der Waals surface area (Å²) in [5, 5.41) is 10.9. The van der Waals surface area contributed by atoms with Gasteiger partial charge in [0.2, 0.25) is 5.78 Å². The molecule has 0 radical (unpaired) electrons. The molecule has 4 rings (SSSR count). The van der Waals surface area contributed by atoms with Crippen LogP contribution in [-0.4, -0.2) is 79.2 Å². The number of aliphatic hydroxyl groups excluding tert-OH is 1. The van der Waals surface area contributed by atoms with Crippen LogP contribution in [0.25, 0.3) is 0 Å². The van der Waals surface area contributed by atoms with Gasteiger partial charge in [-0.25, -0.2) is 0 Å². The van der Waals surface area contributed by atoms with Gasteiger partial charge in [0, 0.05) is 26.2 Å². The van der Waals surface area contributed by atoms with Crippen LogP contribution in [0.3, 0.4) is 0 Å². The van der Waals surface area contributed by atoms with Gasteiger partial charge in [-0.3, -0.25) is 14.5 Å². The second-order valence-electron chi connectivity index (χ2n) is 9.47. The third-order valence-corrected chi connectivity index (χ3v) is 6.86. The Balaban J connectivity index is 1.62. The minimum atomic E-state index is -0.780. The maximum absolute atomic E-state index is 13.4. The summed E-state index contributed by atoms with van der Waals surface area (Å²) >= 11 is 0. The van der Waals surface area contributed by atoms with Crippen molar-refractivity contribution in [2.24, 2.45) is 0 Å². The lowest BCUT2D eigenvalue weighted by atomic mass is 9.94. The van der Waals surface area contributed by atoms with Gasteiger partial charge in [0.15, 0.2) is 23.0 Å². The average Bonchev–Trinajstić information content (AvgIpc) is 3.56. The molecule has 1 aromatic carbocycles. The van der Waals surface area contributed by atoms with Crippen molar-refractivity contribution in [1.29, 1.82) is 0 Å². The Labute approximate surface area is 223 Å². The predicted octanol–water partition coefficient (Wildman–Crippen LogP) is 4.55. The summed E-state index contributed by atoms with van der Waals surface area (Å²) in [6, 6.07) is 7.81. The fraction of sp³-hybridized carbons (Fsp3) is 0.517. The first kappa shape index (κ1) is 27.7. The first-order valence-corrected chi connectivity index (χ1v) is 13.6. The molecule has 206 valence electrons. The van der Waals surface area contributed by atoms with Crippen LogP contribution in [0, 0.1) is 0 Å². The van der Waals surface area contributed by atoms with Gasteiger partial charge in [0.05, 0.1) is 44.3 Å². The third-order valence-electron chi connectivity index (χ3n) is 6.86. The molecule has 9 heteroatoms. The van der Waals surface area contributed by atoms with Crippen molar-refractivity contribution >= 4 is 11.7 Å². The monoisotopic (exact) mass is 526 g/mol. The van der Waals surface area contributed by atoms with Crippen LogP contribution in [-0.2, 0) is 9.53 Å². The molecular weight excluding hydrogens is 488 g/mol. The largest absolute Gasteiger partial charge is 0.503 e. The molecule has 9 nitrogen and oxygen atoms in total. The van der Waals surface area contributed by atoms with Crippen LogP contribution in [0.5, 0.6) is 11.5 Å². The van der Waals surface area contributed by atoms with E-state index in [9.17, 15) is 14.7 Å². The summed E-state index contributed by atoms with van der Waals surface area (Å²) in [7, 11) is 0. The minimum Gasteiger partial charge on any atom is -0.503 e. The van der Waals surface area contributed by atoms with Gasteiger partial charge in [-0.15, -0.1) is 0 Å². The topological polar surface area (TPSA) is 102 Å². The van der Waals surface area contributed by atoms with Crippen molar-refractivity contribution in [3.05, 3.63) is 59.3 Å². The summed E-state index contributed by atoms with van der Waals surface area (Å²) in [5.74, 6) is -0.398. The van der Waals surface area contributed by atoms with Crippen molar-refractivity contribution < 1.29 is 33.3 Å². The number of benzene rings is 1. The zero-order chi connectivity index (χ0) is 26.9. The van der Waals surface area contributed by atoms with Crippen LogP contribution in [0.2, 0.25) is 0 Å². The number of aliphatic hydroxyl groups is 1. The fourth-order valence-electron chi connectivity index (χ4n) is 4.91. The van der Waals surface area contributed by atoms with Gasteiger partial charge in [-0.1, -0.05) is 25.8 Å². The molecule has 1 N–H and O–H groups in total. The molecule has 3 heterocycles. The number of carbonyl (C=O) groups is 2. The number of furan rings is 1. The average molecular weight is 527 g/mol. The molecular formula is C29H38N2O7. The van der Waals surface area contributed by atoms with Crippen LogP contribution in [0.15, 0.2) is 52.3 Å². The van der Waals surface area contributed by atoms with Crippen molar-refractivity contribution in [2.45, 2.75) is 45.6 Å². The Morgan fingerprint density at radius 1 is 1.05 bits per heavy atom. The van der Waals surface area contributed by atoms with E-state index in [0.29, 0.717) is 56.5 Å². The van der Waals surface area contributed by atoms with Crippen molar-refractivity contribution in [2.75, 3.05) is 52.6 Å². The molecule has 38 heavy (non-hydrogen) atoms. The Morgan fingerprint density at radius 2 is 1.87 bits per heavy atom. The van der Waals surface area contributed by atoms with E-state index in [4.69, 9.17) is 18.6 Å². The van der Waals surface area contributed by atoms with Crippen molar-refractivity contribution in [3.63, 3.8) is 0 Å². The summed E-state index contributed by atoms with van der Waals surface area (Å²) < 4.78 is 22.6. The van der Waals surface area contributed by atoms with Gasteiger partial charge >= 0.3 is 0 Å². The minimum absolute atomic E-state index is 0.00962. The molecule has 1 unspecified atom stereocenters. The third kappa shape index (κ3) is 6.39. The highest BCUT2D eigenvalue weighted by Gasteiger charge is 2.44. The van der Waals surface area contributed by atoms with E-state index in [1.807, 2.05) is 19.1 Å². The molecule has 2 aromatic rings. The molecule has 2 aliphatic heterocycles. The fourth-order valence-corrected chi connectivity index (χ4v) is 4.91. The molecule has 0 saturated carbocycles. The van der Waals surface area contributed by atoms with Crippen LogP contribution in [0.4, 0.5) is 0 Å². The molecule has 2 aliphatic rings. The zero-order valence-electron chi connectivity index (χ0n) is 22.3. The summed E-state index contributed by atoms with van der Waals surface area (Å²) in [6.45, 7) is 9.29. The summed E-state index contributed by atoms with van der Waals surface area (Å²) in [4.78, 5) is 30.6. The summed E-state index contributed by atoms with van der Waals surface area (Å²) in [5.41, 5.74) is 0.670. The molecule has 1 amide bonds. The molecule has 0 aliphatic carbocycles. The van der Waals surface area contributed by atoms with E-state index < -0.39 is 23.5 Å². The number of hydrogen-bond donors (Lipinski definition) is 1. The highest BCUT2D eigenvalue weighted by molar-refractivity contribution is 6.15. The second kappa shape index (κ2) is 13.5. The number of hydrogen-bond acceptors (Lipinski definition) is 8. The number of morpholine rings is 1. The number of rotatable bonds is 14. The molecule has 1 fully saturated rings. The van der Waals surface area contributed by atoms with Crippen molar-refractivity contribution in [3.8, 4) is 11.5 Å². The van der Waals surface area contributed by atoms with Gasteiger partial charge in [0.25, 0.3) is 5.91 Å². The number of unbranched alkanes of at least 4 members (excludes halogenated alkanes) is 2. The van der Waals surface area contributed by atoms with Crippen LogP contribution < -0.4 is 9.47 Å². The van der Waals surface area contributed by atoms with Crippen molar-refractivity contribution in [1.82, 2.24) is 9.80 Å². The van der Waals surface area contributed by atoms with E-state index in [2.05, 4.69) is 11.8 Å². The number of Topliss-reactive ketones (excluding diaryl/α,β-unsaturated/α-hetero) is 1. The van der Waals surface area contributed by atoms with E-state index >= 15 is 0 Å². The first-order chi connectivity index (χ1) is 18.5. The molecule has 0 bridgehead atoms. The van der Waals surface area contributed by atoms with E-state index in [1.54, 1.807) is 17.0 Å².